The fourth-order valence-corrected chi connectivity index (χ4v) is 6.36. The van der Waals surface area contributed by atoms with Crippen LogP contribution in [0.15, 0.2) is 28.0 Å². The number of nitrogens with zero attached hydrogens (tertiary/aromatic N) is 1. The Bertz CT molecular complexity index is 914. The van der Waals surface area contributed by atoms with Gasteiger partial charge in [-0.05, 0) is 24.6 Å². The summed E-state index contributed by atoms with van der Waals surface area (Å²) >= 11 is 13.0. The van der Waals surface area contributed by atoms with E-state index in [4.69, 9.17) is 23.2 Å². The first-order chi connectivity index (χ1) is 11.6. The minimum absolute atomic E-state index is 0.0145. The van der Waals surface area contributed by atoms with Gasteiger partial charge in [-0.1, -0.05) is 30.1 Å². The van der Waals surface area contributed by atoms with E-state index in [9.17, 15) is 18.0 Å². The third-order valence-corrected chi connectivity index (χ3v) is 8.10. The Morgan fingerprint density at radius 2 is 2.00 bits per heavy atom. The van der Waals surface area contributed by atoms with E-state index in [2.05, 4.69) is 5.32 Å². The number of rotatable bonds is 2. The quantitative estimate of drug-likeness (QED) is 0.743. The predicted molar refractivity (Wildman–Crippen MR) is 99.0 cm³/mol. The van der Waals surface area contributed by atoms with Crippen LogP contribution in [0, 0.1) is 5.92 Å². The first-order valence-corrected chi connectivity index (χ1v) is 10.4. The number of allylic oxidation sites excluding steroid dienone is 1. The second-order valence-electron chi connectivity index (χ2n) is 5.78. The van der Waals surface area contributed by atoms with Crippen LogP contribution in [0.2, 0.25) is 10.0 Å². The van der Waals surface area contributed by atoms with Gasteiger partial charge in [-0.15, -0.1) is 11.8 Å². The molecule has 1 N–H and O–H groups in total. The smallest absolute Gasteiger partial charge is 0.263 e. The molecule has 6 nitrogen and oxygen atoms in total. The largest absolute Gasteiger partial charge is 0.325 e. The molecule has 0 aromatic heterocycles. The lowest BCUT2D eigenvalue weighted by Crippen LogP contribution is -2.46. The fourth-order valence-electron chi connectivity index (χ4n) is 2.74. The van der Waals surface area contributed by atoms with Gasteiger partial charge in [-0.25, -0.2) is 12.7 Å². The highest BCUT2D eigenvalue weighted by atomic mass is 35.5. The number of benzene rings is 1. The van der Waals surface area contributed by atoms with Crippen LogP contribution >= 0.6 is 35.0 Å². The van der Waals surface area contributed by atoms with Crippen LogP contribution < -0.4 is 5.32 Å². The van der Waals surface area contributed by atoms with Gasteiger partial charge in [0.25, 0.3) is 15.9 Å². The highest BCUT2D eigenvalue weighted by Gasteiger charge is 2.49. The van der Waals surface area contributed by atoms with Crippen LogP contribution in [0.25, 0.3) is 0 Å². The van der Waals surface area contributed by atoms with E-state index in [1.54, 1.807) is 6.07 Å². The molecule has 2 heterocycles. The van der Waals surface area contributed by atoms with Gasteiger partial charge in [-0.3, -0.25) is 9.59 Å². The Morgan fingerprint density at radius 1 is 1.32 bits per heavy atom. The van der Waals surface area contributed by atoms with Gasteiger partial charge in [0.2, 0.25) is 5.91 Å². The first-order valence-electron chi connectivity index (χ1n) is 7.31. The molecular formula is C15H14Cl2N2O4S2. The van der Waals surface area contributed by atoms with Gasteiger partial charge < -0.3 is 5.32 Å². The topological polar surface area (TPSA) is 83.6 Å². The maximum absolute atomic E-state index is 12.7. The molecule has 0 bridgehead atoms. The van der Waals surface area contributed by atoms with Gasteiger partial charge in [0.15, 0.2) is 0 Å². The lowest BCUT2D eigenvalue weighted by atomic mass is 10.1. The number of halogens is 2. The van der Waals surface area contributed by atoms with Crippen molar-refractivity contribution in [1.82, 2.24) is 4.31 Å². The second kappa shape index (κ2) is 6.50. The molecule has 2 unspecified atom stereocenters. The van der Waals surface area contributed by atoms with E-state index in [0.29, 0.717) is 26.3 Å². The van der Waals surface area contributed by atoms with Gasteiger partial charge in [0.1, 0.15) is 5.92 Å². The normalized spacial score (nSPS) is 25.1. The van der Waals surface area contributed by atoms with Crippen molar-refractivity contribution in [3.8, 4) is 0 Å². The van der Waals surface area contributed by atoms with Crippen LogP contribution in [-0.2, 0) is 19.6 Å². The molecule has 3 rings (SSSR count). The number of hydrogen-bond donors (Lipinski definition) is 1. The summed E-state index contributed by atoms with van der Waals surface area (Å²) < 4.78 is 25.5. The maximum atomic E-state index is 12.7. The summed E-state index contributed by atoms with van der Waals surface area (Å²) in [4.78, 5) is 25.7. The average molecular weight is 421 g/mol. The molecule has 25 heavy (non-hydrogen) atoms. The molecule has 0 aliphatic carbocycles. The number of carbonyl (C=O) groups excluding carboxylic acids is 2. The molecule has 0 saturated carbocycles. The van der Waals surface area contributed by atoms with Crippen molar-refractivity contribution < 1.29 is 18.0 Å². The van der Waals surface area contributed by atoms with E-state index < -0.39 is 27.8 Å². The Labute approximate surface area is 159 Å². The fraction of sp³-hybridized carbons (Fsp3) is 0.333. The van der Waals surface area contributed by atoms with Crippen LogP contribution in [-0.4, -0.2) is 36.8 Å². The van der Waals surface area contributed by atoms with Crippen LogP contribution in [0.1, 0.15) is 13.3 Å². The van der Waals surface area contributed by atoms with Gasteiger partial charge in [-0.2, -0.15) is 0 Å². The van der Waals surface area contributed by atoms with Gasteiger partial charge in [0.05, 0.1) is 15.0 Å². The Hall–Kier alpha value is -1.22. The maximum Gasteiger partial charge on any atom is 0.263 e. The number of anilines is 1. The summed E-state index contributed by atoms with van der Waals surface area (Å²) in [5.41, 5.74) is 0.376. The number of carbonyl (C=O) groups is 2. The third-order valence-electron chi connectivity index (χ3n) is 4.02. The van der Waals surface area contributed by atoms with Crippen molar-refractivity contribution in [2.45, 2.75) is 18.6 Å². The lowest BCUT2D eigenvalue weighted by molar-refractivity contribution is -0.134. The van der Waals surface area contributed by atoms with E-state index >= 15 is 0 Å². The number of amides is 2. The Morgan fingerprint density at radius 3 is 2.64 bits per heavy atom. The lowest BCUT2D eigenvalue weighted by Gasteiger charge is -2.29. The second-order valence-corrected chi connectivity index (χ2v) is 10.1. The molecule has 0 fully saturated rings. The molecule has 2 aliphatic heterocycles. The number of hydrogen-bond acceptors (Lipinski definition) is 5. The molecule has 0 radical (unpaired) electrons. The van der Waals surface area contributed by atoms with Crippen molar-refractivity contribution in [2.24, 2.45) is 5.92 Å². The summed E-state index contributed by atoms with van der Waals surface area (Å²) in [5, 5.41) is 3.20. The summed E-state index contributed by atoms with van der Waals surface area (Å²) in [5.74, 6) is -2.55. The number of sulfonamides is 1. The van der Waals surface area contributed by atoms with E-state index in [0.717, 1.165) is 0 Å². The molecule has 10 heteroatoms. The van der Waals surface area contributed by atoms with Gasteiger partial charge in [0, 0.05) is 22.9 Å². The molecule has 2 aliphatic rings. The van der Waals surface area contributed by atoms with Crippen molar-refractivity contribution in [2.75, 3.05) is 12.4 Å². The average Bonchev–Trinajstić information content (AvgIpc) is 2.92. The van der Waals surface area contributed by atoms with Crippen molar-refractivity contribution >= 4 is 62.5 Å². The van der Waals surface area contributed by atoms with E-state index in [-0.39, 0.29) is 15.2 Å². The molecule has 2 amide bonds. The molecule has 1 aromatic carbocycles. The summed E-state index contributed by atoms with van der Waals surface area (Å²) in [7, 11) is -2.67. The standard InChI is InChI=1S/C15H14Cl2N2O4S2/c1-7-5-11-13(24-7)12(15(21)19(2)25(11,22)23)14(20)18-8-3-4-9(16)10(17)6-8/h3-4,6-7,12H,5H2,1-2H3,(H,18,20). The van der Waals surface area contributed by atoms with Crippen LogP contribution in [0.3, 0.4) is 0 Å². The zero-order chi connectivity index (χ0) is 18.5. The van der Waals surface area contributed by atoms with E-state index in [1.807, 2.05) is 6.92 Å². The Balaban J connectivity index is 1.97. The molecule has 134 valence electrons. The SMILES string of the molecule is CC1CC2=C(S1)C(C(=O)Nc1ccc(Cl)c(Cl)c1)C(=O)N(C)S2(=O)=O. The molecule has 0 spiro atoms. The molecule has 2 atom stereocenters. The monoisotopic (exact) mass is 420 g/mol. The number of thioether (sulfide) groups is 1. The molecular weight excluding hydrogens is 407 g/mol. The minimum atomic E-state index is -3.85. The third kappa shape index (κ3) is 3.16. The number of nitrogens with one attached hydrogen (secondary N) is 1. The Kier molecular flexibility index (Phi) is 4.83. The van der Waals surface area contributed by atoms with Crippen LogP contribution in [0.5, 0.6) is 0 Å². The highest BCUT2D eigenvalue weighted by Crippen LogP contribution is 2.48. The van der Waals surface area contributed by atoms with Gasteiger partial charge >= 0.3 is 0 Å². The van der Waals surface area contributed by atoms with Crippen molar-refractivity contribution in [1.29, 1.82) is 0 Å². The van der Waals surface area contributed by atoms with Crippen molar-refractivity contribution in [3.05, 3.63) is 38.1 Å². The summed E-state index contributed by atoms with van der Waals surface area (Å²) in [6.07, 6.45) is 0.302. The zero-order valence-electron chi connectivity index (χ0n) is 13.2. The summed E-state index contributed by atoms with van der Waals surface area (Å²) in [6, 6.07) is 4.55. The zero-order valence-corrected chi connectivity index (χ0v) is 16.4. The minimum Gasteiger partial charge on any atom is -0.325 e. The highest BCUT2D eigenvalue weighted by molar-refractivity contribution is 8.05. The van der Waals surface area contributed by atoms with E-state index in [1.165, 1.54) is 30.9 Å². The molecule has 1 aromatic rings. The predicted octanol–water partition coefficient (Wildman–Crippen LogP) is 3.09. The molecule has 0 saturated heterocycles. The van der Waals surface area contributed by atoms with Crippen molar-refractivity contribution in [3.63, 3.8) is 0 Å². The first kappa shape index (κ1) is 18.6. The van der Waals surface area contributed by atoms with Crippen LogP contribution in [0.4, 0.5) is 5.69 Å². The summed E-state index contributed by atoms with van der Waals surface area (Å²) in [6.45, 7) is 1.86.